The molecule has 1 unspecified atom stereocenters. The summed E-state index contributed by atoms with van der Waals surface area (Å²) in [5.74, 6) is 0.857. The largest absolute Gasteiger partial charge is 0.496 e. The fraction of sp³-hybridized carbons (Fsp3) is 0.455. The average Bonchev–Trinajstić information content (AvgIpc) is 2.21. The van der Waals surface area contributed by atoms with E-state index in [1.165, 1.54) is 0 Å². The summed E-state index contributed by atoms with van der Waals surface area (Å²) in [5.41, 5.74) is 6.89. The molecule has 0 aromatic heterocycles. The second-order valence-electron chi connectivity index (χ2n) is 3.41. The zero-order valence-electron chi connectivity index (χ0n) is 9.57. The fourth-order valence-corrected chi connectivity index (χ4v) is 2.06. The van der Waals surface area contributed by atoms with Gasteiger partial charge in [0.1, 0.15) is 5.75 Å². The molecule has 0 saturated carbocycles. The lowest BCUT2D eigenvalue weighted by atomic mass is 10.0. The van der Waals surface area contributed by atoms with Crippen LogP contribution in [0.2, 0.25) is 0 Å². The van der Waals surface area contributed by atoms with E-state index in [2.05, 4.69) is 22.6 Å². The van der Waals surface area contributed by atoms with Crippen molar-refractivity contribution in [2.24, 2.45) is 5.73 Å². The highest BCUT2D eigenvalue weighted by atomic mass is 127. The second kappa shape index (κ2) is 7.32. The van der Waals surface area contributed by atoms with Crippen molar-refractivity contribution >= 4 is 35.0 Å². The predicted molar refractivity (Wildman–Crippen MR) is 76.4 cm³/mol. The Morgan fingerprint density at radius 2 is 1.94 bits per heavy atom. The van der Waals surface area contributed by atoms with Crippen LogP contribution in [0.3, 0.4) is 0 Å². The summed E-state index contributed by atoms with van der Waals surface area (Å²) < 4.78 is 11.7. The van der Waals surface area contributed by atoms with Gasteiger partial charge in [-0.05, 0) is 47.2 Å². The maximum absolute atomic E-state index is 5.84. The van der Waals surface area contributed by atoms with Gasteiger partial charge in [0.25, 0.3) is 0 Å². The van der Waals surface area contributed by atoms with Gasteiger partial charge in [0.2, 0.25) is 0 Å². The van der Waals surface area contributed by atoms with Crippen LogP contribution in [0.15, 0.2) is 18.2 Å². The molecule has 0 aliphatic carbocycles. The van der Waals surface area contributed by atoms with Crippen LogP contribution in [0.5, 0.6) is 5.75 Å². The molecule has 92 valence electrons. The summed E-state index contributed by atoms with van der Waals surface area (Å²) in [6, 6.07) is 5.95. The number of benzene rings is 1. The summed E-state index contributed by atoms with van der Waals surface area (Å²) in [5, 5.41) is 0. The molecule has 0 aliphatic rings. The molecule has 5 heteroatoms. The molecule has 16 heavy (non-hydrogen) atoms. The Balaban J connectivity index is 0.00000225. The van der Waals surface area contributed by atoms with Crippen molar-refractivity contribution in [1.82, 2.24) is 0 Å². The topological polar surface area (TPSA) is 44.5 Å². The number of rotatable bonds is 4. The Labute approximate surface area is 116 Å². The fourth-order valence-electron chi connectivity index (χ4n) is 1.51. The van der Waals surface area contributed by atoms with Gasteiger partial charge in [-0.15, -0.1) is 12.4 Å². The summed E-state index contributed by atoms with van der Waals surface area (Å²) in [4.78, 5) is 0. The minimum absolute atomic E-state index is 0. The van der Waals surface area contributed by atoms with Crippen LogP contribution < -0.4 is 10.5 Å². The van der Waals surface area contributed by atoms with Gasteiger partial charge in [-0.2, -0.15) is 0 Å². The standard InChI is InChI=1S/C11H16INO2.ClH/c1-7(13)11(15-3)8-4-5-9(12)10(6-8)14-2;/h4-7,11H,13H2,1-3H3;1H/t7-,11?;/m0./s1. The first-order chi connectivity index (χ1) is 7.10. The molecule has 1 aromatic rings. The maximum Gasteiger partial charge on any atom is 0.132 e. The highest BCUT2D eigenvalue weighted by Crippen LogP contribution is 2.27. The third-order valence-corrected chi connectivity index (χ3v) is 3.13. The van der Waals surface area contributed by atoms with Crippen LogP contribution in [-0.4, -0.2) is 20.3 Å². The minimum Gasteiger partial charge on any atom is -0.496 e. The molecule has 1 aromatic carbocycles. The van der Waals surface area contributed by atoms with Crippen LogP contribution in [0, 0.1) is 3.57 Å². The van der Waals surface area contributed by atoms with E-state index in [0.29, 0.717) is 0 Å². The first-order valence-corrected chi connectivity index (χ1v) is 5.79. The zero-order chi connectivity index (χ0) is 11.4. The Hall–Kier alpha value is -0.0400. The SMILES string of the molecule is COc1cc(C(OC)[C@H](C)N)ccc1I.Cl. The van der Waals surface area contributed by atoms with Crippen LogP contribution in [0.1, 0.15) is 18.6 Å². The molecule has 0 saturated heterocycles. The third-order valence-electron chi connectivity index (χ3n) is 2.24. The average molecular weight is 358 g/mol. The number of ether oxygens (including phenoxy) is 2. The smallest absolute Gasteiger partial charge is 0.132 e. The summed E-state index contributed by atoms with van der Waals surface area (Å²) in [6.07, 6.45) is -0.0871. The van der Waals surface area contributed by atoms with E-state index in [4.69, 9.17) is 15.2 Å². The number of hydrogen-bond donors (Lipinski definition) is 1. The predicted octanol–water partition coefficient (Wildman–Crippen LogP) is 2.76. The van der Waals surface area contributed by atoms with Gasteiger partial charge in [0.05, 0.1) is 16.8 Å². The Kier molecular flexibility index (Phi) is 7.30. The molecule has 2 atom stereocenters. The highest BCUT2D eigenvalue weighted by molar-refractivity contribution is 14.1. The molecular formula is C11H17ClINO2. The van der Waals surface area contributed by atoms with Gasteiger partial charge in [0.15, 0.2) is 0 Å². The Bertz CT molecular complexity index is 334. The van der Waals surface area contributed by atoms with Crippen molar-refractivity contribution in [2.45, 2.75) is 19.1 Å². The van der Waals surface area contributed by atoms with Gasteiger partial charge < -0.3 is 15.2 Å². The molecule has 0 bridgehead atoms. The van der Waals surface area contributed by atoms with Crippen molar-refractivity contribution in [3.05, 3.63) is 27.3 Å². The van der Waals surface area contributed by atoms with Crippen LogP contribution in [-0.2, 0) is 4.74 Å². The van der Waals surface area contributed by atoms with E-state index in [1.54, 1.807) is 14.2 Å². The highest BCUT2D eigenvalue weighted by Gasteiger charge is 2.16. The van der Waals surface area contributed by atoms with Crippen LogP contribution in [0.25, 0.3) is 0 Å². The van der Waals surface area contributed by atoms with E-state index in [1.807, 2.05) is 25.1 Å². The normalized spacial score (nSPS) is 13.8. The van der Waals surface area contributed by atoms with Gasteiger partial charge in [0, 0.05) is 13.2 Å². The second-order valence-corrected chi connectivity index (χ2v) is 4.57. The first-order valence-electron chi connectivity index (χ1n) is 4.72. The van der Waals surface area contributed by atoms with E-state index in [-0.39, 0.29) is 24.6 Å². The molecule has 0 spiro atoms. The van der Waals surface area contributed by atoms with Crippen molar-refractivity contribution in [3.8, 4) is 5.75 Å². The molecule has 3 nitrogen and oxygen atoms in total. The number of hydrogen-bond acceptors (Lipinski definition) is 3. The monoisotopic (exact) mass is 357 g/mol. The summed E-state index contributed by atoms with van der Waals surface area (Å²) in [6.45, 7) is 1.93. The van der Waals surface area contributed by atoms with Gasteiger partial charge in [-0.3, -0.25) is 0 Å². The van der Waals surface area contributed by atoms with Crippen molar-refractivity contribution < 1.29 is 9.47 Å². The zero-order valence-corrected chi connectivity index (χ0v) is 12.5. The lowest BCUT2D eigenvalue weighted by Gasteiger charge is -2.20. The molecule has 0 fully saturated rings. The lowest BCUT2D eigenvalue weighted by molar-refractivity contribution is 0.0851. The third kappa shape index (κ3) is 3.76. The lowest BCUT2D eigenvalue weighted by Crippen LogP contribution is -2.26. The molecule has 2 N–H and O–H groups in total. The Morgan fingerprint density at radius 1 is 1.31 bits per heavy atom. The minimum atomic E-state index is -0.0871. The van der Waals surface area contributed by atoms with Gasteiger partial charge in [-0.25, -0.2) is 0 Å². The van der Waals surface area contributed by atoms with Crippen molar-refractivity contribution in [2.75, 3.05) is 14.2 Å². The van der Waals surface area contributed by atoms with E-state index >= 15 is 0 Å². The summed E-state index contributed by atoms with van der Waals surface area (Å²) in [7, 11) is 3.33. The maximum atomic E-state index is 5.84. The molecule has 0 aliphatic heterocycles. The van der Waals surface area contributed by atoms with E-state index in [9.17, 15) is 0 Å². The summed E-state index contributed by atoms with van der Waals surface area (Å²) >= 11 is 2.23. The number of nitrogens with two attached hydrogens (primary N) is 1. The van der Waals surface area contributed by atoms with Gasteiger partial charge in [-0.1, -0.05) is 6.07 Å². The van der Waals surface area contributed by atoms with E-state index in [0.717, 1.165) is 14.9 Å². The van der Waals surface area contributed by atoms with Crippen molar-refractivity contribution in [1.29, 1.82) is 0 Å². The number of halogens is 2. The molecule has 0 heterocycles. The molecule has 0 amide bonds. The van der Waals surface area contributed by atoms with Gasteiger partial charge >= 0.3 is 0 Å². The quantitative estimate of drug-likeness (QED) is 0.843. The van der Waals surface area contributed by atoms with E-state index < -0.39 is 0 Å². The Morgan fingerprint density at radius 3 is 2.38 bits per heavy atom. The molecular weight excluding hydrogens is 340 g/mol. The van der Waals surface area contributed by atoms with Crippen LogP contribution in [0.4, 0.5) is 0 Å². The molecule has 0 radical (unpaired) electrons. The van der Waals surface area contributed by atoms with Crippen LogP contribution >= 0.6 is 35.0 Å². The van der Waals surface area contributed by atoms with Crippen molar-refractivity contribution in [3.63, 3.8) is 0 Å². The first kappa shape index (κ1) is 16.0. The molecule has 1 rings (SSSR count). The number of methoxy groups -OCH3 is 2.